The highest BCUT2D eigenvalue weighted by Crippen LogP contribution is 2.22. The summed E-state index contributed by atoms with van der Waals surface area (Å²) in [6.45, 7) is 4.28. The van der Waals surface area contributed by atoms with E-state index < -0.39 is 0 Å². The van der Waals surface area contributed by atoms with Crippen LogP contribution in [0.15, 0.2) is 12.2 Å². The molecule has 0 amide bonds. The van der Waals surface area contributed by atoms with Crippen LogP contribution in [0.4, 0.5) is 0 Å². The standard InChI is InChI=1S/C9H16.C5H10O/c1-2-6-9-7-4-3-5-8-9;1-2-4-6-5-3-1/h3-4,9H,2,5-8H2,1H3;1-5H2. The van der Waals surface area contributed by atoms with Crippen molar-refractivity contribution in [1.82, 2.24) is 0 Å². The second kappa shape index (κ2) is 8.96. The molecule has 0 aromatic carbocycles. The summed E-state index contributed by atoms with van der Waals surface area (Å²) in [5.74, 6) is 1.01. The predicted molar refractivity (Wildman–Crippen MR) is 66.1 cm³/mol. The molecule has 1 fully saturated rings. The molecule has 0 bridgehead atoms. The molecule has 0 saturated carbocycles. The Balaban J connectivity index is 0.000000162. The van der Waals surface area contributed by atoms with Gasteiger partial charge in [-0.25, -0.2) is 0 Å². The molecule has 0 aromatic rings. The van der Waals surface area contributed by atoms with Crippen LogP contribution in [-0.4, -0.2) is 13.2 Å². The van der Waals surface area contributed by atoms with Crippen molar-refractivity contribution in [3.63, 3.8) is 0 Å². The van der Waals surface area contributed by atoms with Crippen LogP contribution in [0.1, 0.15) is 58.3 Å². The lowest BCUT2D eigenvalue weighted by Crippen LogP contribution is -2.03. The summed E-state index contributed by atoms with van der Waals surface area (Å²) < 4.78 is 5.07. The topological polar surface area (TPSA) is 9.23 Å². The average molecular weight is 210 g/mol. The van der Waals surface area contributed by atoms with Gasteiger partial charge in [-0.2, -0.15) is 0 Å². The minimum atomic E-state index is 1.00. The van der Waals surface area contributed by atoms with E-state index in [1.54, 1.807) is 0 Å². The van der Waals surface area contributed by atoms with Gasteiger partial charge in [0.1, 0.15) is 0 Å². The van der Waals surface area contributed by atoms with Gasteiger partial charge in [0.2, 0.25) is 0 Å². The quantitative estimate of drug-likeness (QED) is 0.616. The fraction of sp³-hybridized carbons (Fsp3) is 0.857. The Kier molecular flexibility index (Phi) is 7.63. The Morgan fingerprint density at radius 1 is 1.13 bits per heavy atom. The van der Waals surface area contributed by atoms with Gasteiger partial charge in [0.25, 0.3) is 0 Å². The number of ether oxygens (including phenoxy) is 1. The molecule has 1 nitrogen and oxygen atoms in total. The predicted octanol–water partition coefficient (Wildman–Crippen LogP) is 4.33. The van der Waals surface area contributed by atoms with Crippen LogP contribution in [0.25, 0.3) is 0 Å². The summed E-state index contributed by atoms with van der Waals surface area (Å²) in [7, 11) is 0. The Labute approximate surface area is 94.9 Å². The van der Waals surface area contributed by atoms with Crippen molar-refractivity contribution in [3.05, 3.63) is 12.2 Å². The fourth-order valence-corrected chi connectivity index (χ4v) is 2.21. The molecule has 0 N–H and O–H groups in total. The van der Waals surface area contributed by atoms with Crippen LogP contribution in [-0.2, 0) is 4.74 Å². The second-order valence-electron chi connectivity index (χ2n) is 4.61. The normalized spacial score (nSPS) is 25.5. The summed E-state index contributed by atoms with van der Waals surface area (Å²) in [4.78, 5) is 0. The molecule has 1 aliphatic carbocycles. The first kappa shape index (κ1) is 12.8. The number of allylic oxidation sites excluding steroid dienone is 2. The highest BCUT2D eigenvalue weighted by molar-refractivity contribution is 4.89. The largest absolute Gasteiger partial charge is 0.381 e. The van der Waals surface area contributed by atoms with E-state index in [1.165, 1.54) is 51.4 Å². The molecule has 1 heterocycles. The first-order valence-corrected chi connectivity index (χ1v) is 6.66. The zero-order valence-electron chi connectivity index (χ0n) is 10.2. The molecule has 1 heteroatoms. The second-order valence-corrected chi connectivity index (χ2v) is 4.61. The lowest BCUT2D eigenvalue weighted by atomic mass is 9.91. The summed E-state index contributed by atoms with van der Waals surface area (Å²) in [6, 6.07) is 0. The molecule has 1 atom stereocenters. The third-order valence-electron chi connectivity index (χ3n) is 3.15. The molecule has 0 aromatic heterocycles. The van der Waals surface area contributed by atoms with Gasteiger partial charge in [-0.05, 0) is 44.4 Å². The Morgan fingerprint density at radius 2 is 1.93 bits per heavy atom. The van der Waals surface area contributed by atoms with Crippen molar-refractivity contribution < 1.29 is 4.74 Å². The molecule has 2 rings (SSSR count). The van der Waals surface area contributed by atoms with Gasteiger partial charge < -0.3 is 4.74 Å². The molecule has 88 valence electrons. The zero-order valence-corrected chi connectivity index (χ0v) is 10.2. The summed E-state index contributed by atoms with van der Waals surface area (Å²) >= 11 is 0. The fourth-order valence-electron chi connectivity index (χ4n) is 2.21. The minimum Gasteiger partial charge on any atom is -0.381 e. The average Bonchev–Trinajstić information content (AvgIpc) is 2.34. The van der Waals surface area contributed by atoms with E-state index in [0.717, 1.165) is 19.1 Å². The molecular formula is C14H26O. The maximum Gasteiger partial charge on any atom is 0.0466 e. The van der Waals surface area contributed by atoms with E-state index in [1.807, 2.05) is 0 Å². The van der Waals surface area contributed by atoms with Gasteiger partial charge in [0.15, 0.2) is 0 Å². The van der Waals surface area contributed by atoms with E-state index in [4.69, 9.17) is 4.74 Å². The number of hydrogen-bond donors (Lipinski definition) is 0. The Morgan fingerprint density at radius 3 is 2.33 bits per heavy atom. The molecule has 0 spiro atoms. The SMILES string of the molecule is C1CCOCC1.CCCC1CC=CCC1. The highest BCUT2D eigenvalue weighted by Gasteiger charge is 2.06. The van der Waals surface area contributed by atoms with Crippen molar-refractivity contribution in [2.45, 2.75) is 58.3 Å². The third kappa shape index (κ3) is 6.72. The number of rotatable bonds is 2. The first-order chi connectivity index (χ1) is 7.43. The maximum absolute atomic E-state index is 5.07. The molecule has 1 unspecified atom stereocenters. The van der Waals surface area contributed by atoms with Crippen molar-refractivity contribution in [1.29, 1.82) is 0 Å². The maximum atomic E-state index is 5.07. The zero-order chi connectivity index (χ0) is 10.8. The highest BCUT2D eigenvalue weighted by atomic mass is 16.5. The van der Waals surface area contributed by atoms with Gasteiger partial charge in [-0.1, -0.05) is 31.9 Å². The molecular weight excluding hydrogens is 184 g/mol. The van der Waals surface area contributed by atoms with Crippen LogP contribution in [0.2, 0.25) is 0 Å². The van der Waals surface area contributed by atoms with Gasteiger partial charge in [-0.3, -0.25) is 0 Å². The summed E-state index contributed by atoms with van der Waals surface area (Å²) in [5.41, 5.74) is 0. The van der Waals surface area contributed by atoms with Crippen LogP contribution in [0.3, 0.4) is 0 Å². The molecule has 15 heavy (non-hydrogen) atoms. The molecule has 1 saturated heterocycles. The van der Waals surface area contributed by atoms with E-state index in [9.17, 15) is 0 Å². The van der Waals surface area contributed by atoms with Gasteiger partial charge in [0, 0.05) is 13.2 Å². The molecule has 1 aliphatic heterocycles. The smallest absolute Gasteiger partial charge is 0.0466 e. The van der Waals surface area contributed by atoms with Crippen molar-refractivity contribution in [2.75, 3.05) is 13.2 Å². The first-order valence-electron chi connectivity index (χ1n) is 6.66. The third-order valence-corrected chi connectivity index (χ3v) is 3.15. The van der Waals surface area contributed by atoms with Gasteiger partial charge in [-0.15, -0.1) is 0 Å². The van der Waals surface area contributed by atoms with E-state index >= 15 is 0 Å². The van der Waals surface area contributed by atoms with E-state index in [0.29, 0.717) is 0 Å². The Bertz CT molecular complexity index is 147. The monoisotopic (exact) mass is 210 g/mol. The van der Waals surface area contributed by atoms with Crippen molar-refractivity contribution >= 4 is 0 Å². The molecule has 0 radical (unpaired) electrons. The van der Waals surface area contributed by atoms with E-state index in [2.05, 4.69) is 19.1 Å². The molecule has 2 aliphatic rings. The Hall–Kier alpha value is -0.300. The van der Waals surface area contributed by atoms with Crippen molar-refractivity contribution in [3.8, 4) is 0 Å². The van der Waals surface area contributed by atoms with Crippen LogP contribution in [0.5, 0.6) is 0 Å². The van der Waals surface area contributed by atoms with Crippen LogP contribution >= 0.6 is 0 Å². The lowest BCUT2D eigenvalue weighted by molar-refractivity contribution is 0.0968. The lowest BCUT2D eigenvalue weighted by Gasteiger charge is -2.15. The summed E-state index contributed by atoms with van der Waals surface area (Å²) in [6.07, 6.45) is 15.5. The van der Waals surface area contributed by atoms with Gasteiger partial charge >= 0.3 is 0 Å². The number of hydrogen-bond acceptors (Lipinski definition) is 1. The summed E-state index contributed by atoms with van der Waals surface area (Å²) in [5, 5.41) is 0. The van der Waals surface area contributed by atoms with Gasteiger partial charge in [0.05, 0.1) is 0 Å². The van der Waals surface area contributed by atoms with E-state index in [-0.39, 0.29) is 0 Å². The van der Waals surface area contributed by atoms with Crippen LogP contribution < -0.4 is 0 Å². The van der Waals surface area contributed by atoms with Crippen LogP contribution in [0, 0.1) is 5.92 Å². The van der Waals surface area contributed by atoms with Crippen molar-refractivity contribution in [2.24, 2.45) is 5.92 Å². The minimum absolute atomic E-state index is 1.00.